The van der Waals surface area contributed by atoms with Gasteiger partial charge in [-0.15, -0.1) is 0 Å². The van der Waals surface area contributed by atoms with E-state index in [1.807, 2.05) is 6.07 Å². The number of halogens is 1. The van der Waals surface area contributed by atoms with Crippen LogP contribution in [0, 0.1) is 0 Å². The van der Waals surface area contributed by atoms with Crippen molar-refractivity contribution in [1.82, 2.24) is 10.4 Å². The van der Waals surface area contributed by atoms with E-state index >= 15 is 0 Å². The molecule has 0 aliphatic carbocycles. The summed E-state index contributed by atoms with van der Waals surface area (Å²) in [4.78, 5) is 27.9. The molecule has 1 aromatic carbocycles. The molecule has 0 saturated carbocycles. The minimum absolute atomic E-state index is 0.288. The molecule has 0 saturated heterocycles. The summed E-state index contributed by atoms with van der Waals surface area (Å²) < 4.78 is 6.15. The number of carbonyl (C=O) groups excluding carboxylic acids is 1. The SMILES string of the molecule is CC(=NNC(=O)c1ccncc1)c1cc2cc(Br)ccc2oc1=O. The minimum Gasteiger partial charge on any atom is -0.422 e. The summed E-state index contributed by atoms with van der Waals surface area (Å²) >= 11 is 3.38. The first-order chi connectivity index (χ1) is 11.5. The second-order valence-electron chi connectivity index (χ2n) is 5.00. The Bertz CT molecular complexity index is 997. The Kier molecular flexibility index (Phi) is 4.52. The van der Waals surface area contributed by atoms with Crippen LogP contribution in [-0.4, -0.2) is 16.6 Å². The van der Waals surface area contributed by atoms with Crippen LogP contribution in [0.25, 0.3) is 11.0 Å². The molecule has 7 heteroatoms. The number of rotatable bonds is 3. The Morgan fingerprint density at radius 3 is 2.71 bits per heavy atom. The number of pyridine rings is 1. The topological polar surface area (TPSA) is 84.6 Å². The maximum absolute atomic E-state index is 12.1. The van der Waals surface area contributed by atoms with Gasteiger partial charge in [-0.1, -0.05) is 15.9 Å². The molecule has 0 bridgehead atoms. The molecule has 0 fully saturated rings. The van der Waals surface area contributed by atoms with E-state index in [1.165, 1.54) is 12.4 Å². The normalized spacial score (nSPS) is 11.5. The Morgan fingerprint density at radius 2 is 1.96 bits per heavy atom. The molecule has 0 spiro atoms. The Labute approximate surface area is 145 Å². The predicted molar refractivity (Wildman–Crippen MR) is 94.1 cm³/mol. The monoisotopic (exact) mass is 385 g/mol. The van der Waals surface area contributed by atoms with Gasteiger partial charge >= 0.3 is 5.63 Å². The third-order valence-electron chi connectivity index (χ3n) is 3.35. The lowest BCUT2D eigenvalue weighted by Gasteiger charge is -2.04. The van der Waals surface area contributed by atoms with Crippen molar-refractivity contribution in [3.63, 3.8) is 0 Å². The van der Waals surface area contributed by atoms with Crippen molar-refractivity contribution >= 4 is 38.5 Å². The number of carbonyl (C=O) groups is 1. The Balaban J connectivity index is 1.90. The number of amides is 1. The average Bonchev–Trinajstić information content (AvgIpc) is 2.60. The molecule has 0 unspecified atom stereocenters. The highest BCUT2D eigenvalue weighted by Crippen LogP contribution is 2.19. The van der Waals surface area contributed by atoms with Gasteiger partial charge in [0.2, 0.25) is 0 Å². The molecule has 24 heavy (non-hydrogen) atoms. The summed E-state index contributed by atoms with van der Waals surface area (Å²) in [5, 5.41) is 4.74. The first-order valence-electron chi connectivity index (χ1n) is 7.03. The van der Waals surface area contributed by atoms with Crippen LogP contribution in [0.3, 0.4) is 0 Å². The molecule has 120 valence electrons. The van der Waals surface area contributed by atoms with Crippen LogP contribution in [0.4, 0.5) is 0 Å². The van der Waals surface area contributed by atoms with E-state index in [9.17, 15) is 9.59 Å². The van der Waals surface area contributed by atoms with Gasteiger partial charge in [0.15, 0.2) is 0 Å². The van der Waals surface area contributed by atoms with E-state index in [2.05, 4.69) is 31.4 Å². The molecular weight excluding hydrogens is 374 g/mol. The zero-order valence-electron chi connectivity index (χ0n) is 12.6. The number of aromatic nitrogens is 1. The second-order valence-corrected chi connectivity index (χ2v) is 5.92. The maximum Gasteiger partial charge on any atom is 0.345 e. The minimum atomic E-state index is -0.510. The summed E-state index contributed by atoms with van der Waals surface area (Å²) in [6.45, 7) is 1.63. The predicted octanol–water partition coefficient (Wildman–Crippen LogP) is 3.10. The molecular formula is C17H12BrN3O3. The third kappa shape index (κ3) is 3.41. The van der Waals surface area contributed by atoms with E-state index in [-0.39, 0.29) is 11.5 Å². The summed E-state index contributed by atoms with van der Waals surface area (Å²) in [6, 6.07) is 10.2. The third-order valence-corrected chi connectivity index (χ3v) is 3.84. The van der Waals surface area contributed by atoms with E-state index < -0.39 is 5.63 Å². The van der Waals surface area contributed by atoms with Crippen LogP contribution < -0.4 is 11.1 Å². The van der Waals surface area contributed by atoms with Crippen LogP contribution in [0.15, 0.2) is 67.6 Å². The quantitative estimate of drug-likeness (QED) is 0.426. The van der Waals surface area contributed by atoms with Gasteiger partial charge in [0, 0.05) is 27.8 Å². The lowest BCUT2D eigenvalue weighted by Crippen LogP contribution is -2.21. The van der Waals surface area contributed by atoms with Gasteiger partial charge in [0.25, 0.3) is 5.91 Å². The first kappa shape index (κ1) is 16.1. The molecule has 1 amide bonds. The van der Waals surface area contributed by atoms with E-state index in [1.54, 1.807) is 37.3 Å². The average molecular weight is 386 g/mol. The number of fused-ring (bicyclic) bond motifs is 1. The molecule has 0 radical (unpaired) electrons. The number of hydrazone groups is 1. The van der Waals surface area contributed by atoms with E-state index in [4.69, 9.17) is 4.42 Å². The number of hydrogen-bond donors (Lipinski definition) is 1. The maximum atomic E-state index is 12.1. The number of nitrogens with zero attached hydrogens (tertiary/aromatic N) is 2. The number of hydrogen-bond acceptors (Lipinski definition) is 5. The fraction of sp³-hybridized carbons (Fsp3) is 0.0588. The standard InChI is InChI=1S/C17H12BrN3O3/c1-10(20-21-16(22)11-4-6-19-7-5-11)14-9-12-8-13(18)2-3-15(12)24-17(14)23/h2-9H,1H3,(H,21,22). The smallest absolute Gasteiger partial charge is 0.345 e. The molecule has 3 rings (SSSR count). The number of nitrogens with one attached hydrogen (secondary N) is 1. The Hall–Kier alpha value is -2.80. The van der Waals surface area contributed by atoms with E-state index in [0.717, 1.165) is 9.86 Å². The zero-order valence-corrected chi connectivity index (χ0v) is 14.2. The Morgan fingerprint density at radius 1 is 1.21 bits per heavy atom. The van der Waals surface area contributed by atoms with Crippen molar-refractivity contribution in [2.75, 3.05) is 0 Å². The fourth-order valence-electron chi connectivity index (χ4n) is 2.11. The first-order valence-corrected chi connectivity index (χ1v) is 7.82. The van der Waals surface area contributed by atoms with Crippen molar-refractivity contribution in [1.29, 1.82) is 0 Å². The van der Waals surface area contributed by atoms with Crippen LogP contribution >= 0.6 is 15.9 Å². The van der Waals surface area contributed by atoms with Crippen LogP contribution in [0.2, 0.25) is 0 Å². The van der Waals surface area contributed by atoms with Crippen molar-refractivity contribution in [2.45, 2.75) is 6.92 Å². The summed E-state index contributed by atoms with van der Waals surface area (Å²) in [5.74, 6) is -0.385. The lowest BCUT2D eigenvalue weighted by atomic mass is 10.1. The molecule has 3 aromatic rings. The summed E-state index contributed by atoms with van der Waals surface area (Å²) in [7, 11) is 0. The molecule has 2 heterocycles. The van der Waals surface area contributed by atoms with Gasteiger partial charge < -0.3 is 4.42 Å². The molecule has 0 atom stereocenters. The van der Waals surface area contributed by atoms with Crippen molar-refractivity contribution in [3.8, 4) is 0 Å². The van der Waals surface area contributed by atoms with Gasteiger partial charge in [-0.25, -0.2) is 10.2 Å². The van der Waals surface area contributed by atoms with Crippen molar-refractivity contribution < 1.29 is 9.21 Å². The number of benzene rings is 1. The van der Waals surface area contributed by atoms with Crippen LogP contribution in [0.5, 0.6) is 0 Å². The highest BCUT2D eigenvalue weighted by atomic mass is 79.9. The summed E-state index contributed by atoms with van der Waals surface area (Å²) in [5.41, 5.74) is 3.46. The van der Waals surface area contributed by atoms with Crippen molar-refractivity contribution in [2.24, 2.45) is 5.10 Å². The zero-order chi connectivity index (χ0) is 17.1. The lowest BCUT2D eigenvalue weighted by molar-refractivity contribution is 0.0954. The van der Waals surface area contributed by atoms with Gasteiger partial charge in [0.05, 0.1) is 11.3 Å². The molecule has 6 nitrogen and oxygen atoms in total. The largest absolute Gasteiger partial charge is 0.422 e. The van der Waals surface area contributed by atoms with Crippen LogP contribution in [-0.2, 0) is 0 Å². The highest BCUT2D eigenvalue weighted by molar-refractivity contribution is 9.10. The van der Waals surface area contributed by atoms with Gasteiger partial charge in [0.1, 0.15) is 5.58 Å². The highest BCUT2D eigenvalue weighted by Gasteiger charge is 2.10. The van der Waals surface area contributed by atoms with Gasteiger partial charge in [-0.2, -0.15) is 5.10 Å². The van der Waals surface area contributed by atoms with Gasteiger partial charge in [-0.3, -0.25) is 9.78 Å². The molecule has 2 aromatic heterocycles. The van der Waals surface area contributed by atoms with Crippen LogP contribution in [0.1, 0.15) is 22.8 Å². The summed E-state index contributed by atoms with van der Waals surface area (Å²) in [6.07, 6.45) is 3.03. The van der Waals surface area contributed by atoms with Gasteiger partial charge in [-0.05, 0) is 43.3 Å². The van der Waals surface area contributed by atoms with Crippen molar-refractivity contribution in [3.05, 3.63) is 74.8 Å². The molecule has 1 N–H and O–H groups in total. The second kappa shape index (κ2) is 6.76. The molecule has 0 aliphatic rings. The molecule has 0 aliphatic heterocycles. The van der Waals surface area contributed by atoms with E-state index in [0.29, 0.717) is 16.9 Å². The fourth-order valence-corrected chi connectivity index (χ4v) is 2.49.